The Hall–Kier alpha value is -2.01. The number of aromatic nitrogens is 2. The van der Waals surface area contributed by atoms with E-state index in [4.69, 9.17) is 4.74 Å². The lowest BCUT2D eigenvalue weighted by atomic mass is 10.1. The zero-order chi connectivity index (χ0) is 13.8. The molecule has 0 bridgehead atoms. The van der Waals surface area contributed by atoms with E-state index in [1.165, 1.54) is 0 Å². The van der Waals surface area contributed by atoms with Crippen molar-refractivity contribution in [1.82, 2.24) is 15.1 Å². The van der Waals surface area contributed by atoms with Crippen LogP contribution in [0.4, 0.5) is 0 Å². The van der Waals surface area contributed by atoms with Crippen molar-refractivity contribution in [3.05, 3.63) is 41.7 Å². The van der Waals surface area contributed by atoms with Crippen LogP contribution in [0, 0.1) is 0 Å². The van der Waals surface area contributed by atoms with Crippen LogP contribution in [0.1, 0.15) is 24.1 Å². The van der Waals surface area contributed by atoms with Gasteiger partial charge in [-0.25, -0.2) is 0 Å². The van der Waals surface area contributed by atoms with Gasteiger partial charge in [0, 0.05) is 37.0 Å². The Morgan fingerprint density at radius 1 is 1.47 bits per heavy atom. The molecule has 2 rings (SSSR count). The predicted molar refractivity (Wildman–Crippen MR) is 73.1 cm³/mol. The van der Waals surface area contributed by atoms with Crippen LogP contribution in [0.5, 0.6) is 11.5 Å². The summed E-state index contributed by atoms with van der Waals surface area (Å²) in [5.74, 6) is 1.01. The van der Waals surface area contributed by atoms with Crippen LogP contribution in [-0.4, -0.2) is 22.0 Å². The van der Waals surface area contributed by atoms with E-state index in [-0.39, 0.29) is 11.8 Å². The second-order valence-corrected chi connectivity index (χ2v) is 4.55. The molecule has 0 radical (unpaired) electrons. The van der Waals surface area contributed by atoms with Gasteiger partial charge in [-0.2, -0.15) is 5.10 Å². The minimum atomic E-state index is 0.0234. The quantitative estimate of drug-likeness (QED) is 0.864. The minimum Gasteiger partial charge on any atom is -0.508 e. The molecule has 102 valence electrons. The summed E-state index contributed by atoms with van der Waals surface area (Å²) in [7, 11) is 3.50. The summed E-state index contributed by atoms with van der Waals surface area (Å²) in [6.07, 6.45) is 3.79. The SMILES string of the molecule is COc1ccc(O)c(C(C)NCc2cnn(C)c2)c1. The first kappa shape index (κ1) is 13.4. The van der Waals surface area contributed by atoms with Gasteiger partial charge >= 0.3 is 0 Å². The van der Waals surface area contributed by atoms with Crippen LogP contribution < -0.4 is 10.1 Å². The Bertz CT molecular complexity index is 551. The molecule has 1 aromatic carbocycles. The molecule has 1 atom stereocenters. The van der Waals surface area contributed by atoms with E-state index in [2.05, 4.69) is 10.4 Å². The Kier molecular flexibility index (Phi) is 4.06. The molecule has 2 aromatic rings. The third kappa shape index (κ3) is 3.26. The van der Waals surface area contributed by atoms with E-state index in [1.54, 1.807) is 23.9 Å². The summed E-state index contributed by atoms with van der Waals surface area (Å²) in [4.78, 5) is 0. The maximum absolute atomic E-state index is 9.89. The fourth-order valence-corrected chi connectivity index (χ4v) is 1.95. The van der Waals surface area contributed by atoms with Crippen molar-refractivity contribution < 1.29 is 9.84 Å². The van der Waals surface area contributed by atoms with E-state index < -0.39 is 0 Å². The number of hydrogen-bond acceptors (Lipinski definition) is 4. The fourth-order valence-electron chi connectivity index (χ4n) is 1.95. The highest BCUT2D eigenvalue weighted by molar-refractivity contribution is 5.41. The van der Waals surface area contributed by atoms with Gasteiger partial charge in [0.2, 0.25) is 0 Å². The van der Waals surface area contributed by atoms with Gasteiger partial charge in [-0.1, -0.05) is 0 Å². The lowest BCUT2D eigenvalue weighted by Crippen LogP contribution is -2.18. The number of methoxy groups -OCH3 is 1. The molecule has 0 aliphatic rings. The number of phenolic OH excluding ortho intramolecular Hbond substituents is 1. The van der Waals surface area contributed by atoms with Crippen LogP contribution in [0.2, 0.25) is 0 Å². The highest BCUT2D eigenvalue weighted by Gasteiger charge is 2.11. The largest absolute Gasteiger partial charge is 0.508 e. The number of benzene rings is 1. The summed E-state index contributed by atoms with van der Waals surface area (Å²) in [6, 6.07) is 5.26. The molecule has 1 unspecified atom stereocenters. The molecule has 5 heteroatoms. The lowest BCUT2D eigenvalue weighted by Gasteiger charge is -2.16. The predicted octanol–water partition coefficient (Wildman–Crippen LogP) is 1.99. The number of aryl methyl sites for hydroxylation is 1. The first-order valence-electron chi connectivity index (χ1n) is 6.18. The molecule has 1 heterocycles. The molecule has 0 saturated heterocycles. The summed E-state index contributed by atoms with van der Waals surface area (Å²) < 4.78 is 6.94. The van der Waals surface area contributed by atoms with Crippen molar-refractivity contribution in [2.24, 2.45) is 7.05 Å². The van der Waals surface area contributed by atoms with Crippen LogP contribution >= 0.6 is 0 Å². The van der Waals surface area contributed by atoms with E-state index in [9.17, 15) is 5.11 Å². The van der Waals surface area contributed by atoms with E-state index in [0.29, 0.717) is 6.54 Å². The second-order valence-electron chi connectivity index (χ2n) is 4.55. The van der Waals surface area contributed by atoms with Gasteiger partial charge in [-0.05, 0) is 25.1 Å². The molecule has 2 N–H and O–H groups in total. The van der Waals surface area contributed by atoms with Crippen molar-refractivity contribution >= 4 is 0 Å². The van der Waals surface area contributed by atoms with Crippen LogP contribution in [0.3, 0.4) is 0 Å². The first-order valence-corrected chi connectivity index (χ1v) is 6.18. The normalized spacial score (nSPS) is 12.4. The zero-order valence-corrected chi connectivity index (χ0v) is 11.4. The van der Waals surface area contributed by atoms with Crippen LogP contribution in [0.25, 0.3) is 0 Å². The lowest BCUT2D eigenvalue weighted by molar-refractivity contribution is 0.407. The summed E-state index contributed by atoms with van der Waals surface area (Å²) in [5.41, 5.74) is 1.93. The average Bonchev–Trinajstić information content (AvgIpc) is 2.82. The molecule has 0 aliphatic heterocycles. The van der Waals surface area contributed by atoms with Gasteiger partial charge in [0.15, 0.2) is 0 Å². The minimum absolute atomic E-state index is 0.0234. The number of ether oxygens (including phenoxy) is 1. The second kappa shape index (κ2) is 5.75. The topological polar surface area (TPSA) is 59.3 Å². The monoisotopic (exact) mass is 261 g/mol. The summed E-state index contributed by atoms with van der Waals surface area (Å²) in [5, 5.41) is 17.4. The van der Waals surface area contributed by atoms with Gasteiger partial charge in [0.05, 0.1) is 13.3 Å². The molecular weight excluding hydrogens is 242 g/mol. The first-order chi connectivity index (χ1) is 9.10. The van der Waals surface area contributed by atoms with E-state index >= 15 is 0 Å². The number of hydrogen-bond donors (Lipinski definition) is 2. The maximum Gasteiger partial charge on any atom is 0.120 e. The molecule has 0 aliphatic carbocycles. The summed E-state index contributed by atoms with van der Waals surface area (Å²) >= 11 is 0. The molecule has 0 spiro atoms. The van der Waals surface area contributed by atoms with E-state index in [0.717, 1.165) is 16.9 Å². The van der Waals surface area contributed by atoms with Crippen LogP contribution in [-0.2, 0) is 13.6 Å². The van der Waals surface area contributed by atoms with Crippen LogP contribution in [0.15, 0.2) is 30.6 Å². The Labute approximate surface area is 112 Å². The highest BCUT2D eigenvalue weighted by Crippen LogP contribution is 2.28. The van der Waals surface area contributed by atoms with Gasteiger partial charge < -0.3 is 15.2 Å². The number of rotatable bonds is 5. The van der Waals surface area contributed by atoms with Crippen molar-refractivity contribution in [2.45, 2.75) is 19.5 Å². The Balaban J connectivity index is 2.04. The number of nitrogens with zero attached hydrogens (tertiary/aromatic N) is 2. The van der Waals surface area contributed by atoms with Crippen molar-refractivity contribution in [3.8, 4) is 11.5 Å². The number of aromatic hydroxyl groups is 1. The molecule has 0 amide bonds. The smallest absolute Gasteiger partial charge is 0.120 e. The molecule has 5 nitrogen and oxygen atoms in total. The van der Waals surface area contributed by atoms with Gasteiger partial charge in [-0.15, -0.1) is 0 Å². The van der Waals surface area contributed by atoms with E-state index in [1.807, 2.05) is 32.4 Å². The number of phenols is 1. The van der Waals surface area contributed by atoms with Gasteiger partial charge in [0.25, 0.3) is 0 Å². The third-order valence-corrected chi connectivity index (χ3v) is 3.07. The van der Waals surface area contributed by atoms with Crippen molar-refractivity contribution in [1.29, 1.82) is 0 Å². The fraction of sp³-hybridized carbons (Fsp3) is 0.357. The molecule has 1 aromatic heterocycles. The van der Waals surface area contributed by atoms with Crippen molar-refractivity contribution in [3.63, 3.8) is 0 Å². The molecular formula is C14H19N3O2. The number of nitrogens with one attached hydrogen (secondary N) is 1. The molecule has 0 saturated carbocycles. The van der Waals surface area contributed by atoms with Gasteiger partial charge in [-0.3, -0.25) is 4.68 Å². The third-order valence-electron chi connectivity index (χ3n) is 3.07. The zero-order valence-electron chi connectivity index (χ0n) is 11.4. The standard InChI is InChI=1S/C14H19N3O2/c1-10(15-7-11-8-16-17(2)9-11)13-6-12(19-3)4-5-14(13)18/h4-6,8-10,15,18H,7H2,1-3H3. The molecule has 0 fully saturated rings. The maximum atomic E-state index is 9.89. The summed E-state index contributed by atoms with van der Waals surface area (Å²) in [6.45, 7) is 2.70. The van der Waals surface area contributed by atoms with Gasteiger partial charge in [0.1, 0.15) is 11.5 Å². The molecule has 19 heavy (non-hydrogen) atoms. The Morgan fingerprint density at radius 2 is 2.26 bits per heavy atom. The average molecular weight is 261 g/mol. The highest BCUT2D eigenvalue weighted by atomic mass is 16.5. The van der Waals surface area contributed by atoms with Crippen molar-refractivity contribution in [2.75, 3.05) is 7.11 Å². The Morgan fingerprint density at radius 3 is 2.89 bits per heavy atom.